The molecule has 0 spiro atoms. The molecule has 2 N–H and O–H groups in total. The van der Waals surface area contributed by atoms with Crippen molar-refractivity contribution < 1.29 is 14.3 Å². The van der Waals surface area contributed by atoms with Crippen LogP contribution in [0.5, 0.6) is 0 Å². The van der Waals surface area contributed by atoms with Gasteiger partial charge in [-0.1, -0.05) is 11.6 Å². The molecule has 0 radical (unpaired) electrons. The van der Waals surface area contributed by atoms with Crippen molar-refractivity contribution in [3.8, 4) is 0 Å². The molecule has 0 saturated carbocycles. The van der Waals surface area contributed by atoms with Crippen molar-refractivity contribution in [3.63, 3.8) is 0 Å². The molecule has 1 aromatic carbocycles. The fourth-order valence-corrected chi connectivity index (χ4v) is 1.50. The van der Waals surface area contributed by atoms with E-state index in [4.69, 9.17) is 16.3 Å². The van der Waals surface area contributed by atoms with Gasteiger partial charge in [-0.05, 0) is 25.1 Å². The summed E-state index contributed by atoms with van der Waals surface area (Å²) >= 11 is 5.96. The molecule has 0 fully saturated rings. The number of hydrogen-bond acceptors (Lipinski definition) is 3. The summed E-state index contributed by atoms with van der Waals surface area (Å²) in [6.07, 6.45) is 0. The fourth-order valence-electron chi connectivity index (χ4n) is 1.28. The van der Waals surface area contributed by atoms with Gasteiger partial charge in [-0.2, -0.15) is 0 Å². The Morgan fingerprint density at radius 1 is 1.33 bits per heavy atom. The quantitative estimate of drug-likeness (QED) is 0.862. The summed E-state index contributed by atoms with van der Waals surface area (Å²) in [6.45, 7) is 3.69. The van der Waals surface area contributed by atoms with Gasteiger partial charge in [0.1, 0.15) is 6.61 Å². The number of rotatable bonds is 5. The molecule has 0 unspecified atom stereocenters. The van der Waals surface area contributed by atoms with E-state index in [2.05, 4.69) is 10.6 Å². The lowest BCUT2D eigenvalue weighted by Gasteiger charge is -2.09. The lowest BCUT2D eigenvalue weighted by Crippen LogP contribution is -2.18. The van der Waals surface area contributed by atoms with Crippen molar-refractivity contribution in [1.29, 1.82) is 0 Å². The molecular formula is C12H15ClN2O3. The second-order valence-corrected chi connectivity index (χ2v) is 3.97. The first-order chi connectivity index (χ1) is 8.52. The summed E-state index contributed by atoms with van der Waals surface area (Å²) in [5.41, 5.74) is 1.06. The number of halogens is 1. The molecule has 0 aromatic heterocycles. The highest BCUT2D eigenvalue weighted by Gasteiger charge is 2.06. The van der Waals surface area contributed by atoms with Gasteiger partial charge in [0.25, 0.3) is 0 Å². The largest absolute Gasteiger partial charge is 0.372 e. The molecule has 0 saturated heterocycles. The van der Waals surface area contributed by atoms with Gasteiger partial charge >= 0.3 is 0 Å². The SMILES string of the molecule is CCOCC(=O)Nc1ccc(NC(C)=O)c(Cl)c1. The van der Waals surface area contributed by atoms with Gasteiger partial charge in [0, 0.05) is 19.2 Å². The normalized spacial score (nSPS) is 9.94. The van der Waals surface area contributed by atoms with Gasteiger partial charge in [-0.15, -0.1) is 0 Å². The molecule has 0 aliphatic carbocycles. The van der Waals surface area contributed by atoms with E-state index in [9.17, 15) is 9.59 Å². The van der Waals surface area contributed by atoms with Crippen LogP contribution < -0.4 is 10.6 Å². The number of ether oxygens (including phenoxy) is 1. The molecule has 5 nitrogen and oxygen atoms in total. The van der Waals surface area contributed by atoms with Crippen LogP contribution in [0.2, 0.25) is 5.02 Å². The van der Waals surface area contributed by atoms with Gasteiger partial charge in [0.05, 0.1) is 10.7 Å². The molecule has 0 heterocycles. The topological polar surface area (TPSA) is 67.4 Å². The number of anilines is 2. The molecule has 1 aromatic rings. The maximum Gasteiger partial charge on any atom is 0.250 e. The number of hydrogen-bond donors (Lipinski definition) is 2. The Morgan fingerprint density at radius 2 is 2.06 bits per heavy atom. The first-order valence-electron chi connectivity index (χ1n) is 5.47. The Balaban J connectivity index is 2.66. The third-order valence-corrected chi connectivity index (χ3v) is 2.31. The van der Waals surface area contributed by atoms with Crippen LogP contribution >= 0.6 is 11.6 Å². The third kappa shape index (κ3) is 4.73. The summed E-state index contributed by atoms with van der Waals surface area (Å²) in [6, 6.07) is 4.84. The summed E-state index contributed by atoms with van der Waals surface area (Å²) in [4.78, 5) is 22.3. The summed E-state index contributed by atoms with van der Waals surface area (Å²) < 4.78 is 4.97. The van der Waals surface area contributed by atoms with Crippen molar-refractivity contribution >= 4 is 34.8 Å². The standard InChI is InChI=1S/C12H15ClN2O3/c1-3-18-7-12(17)15-9-4-5-11(10(13)6-9)14-8(2)16/h4-6H,3,7H2,1-2H3,(H,14,16)(H,15,17). The number of carbonyl (C=O) groups is 2. The summed E-state index contributed by atoms with van der Waals surface area (Å²) in [7, 11) is 0. The summed E-state index contributed by atoms with van der Waals surface area (Å²) in [5, 5.41) is 5.58. The molecule has 0 bridgehead atoms. The smallest absolute Gasteiger partial charge is 0.250 e. The Labute approximate surface area is 110 Å². The van der Waals surface area contributed by atoms with Crippen LogP contribution in [0.25, 0.3) is 0 Å². The zero-order valence-corrected chi connectivity index (χ0v) is 11.0. The van der Waals surface area contributed by atoms with Gasteiger partial charge in [0.2, 0.25) is 11.8 Å². The Morgan fingerprint density at radius 3 is 2.61 bits per heavy atom. The number of benzene rings is 1. The molecule has 2 amide bonds. The number of nitrogens with one attached hydrogen (secondary N) is 2. The van der Waals surface area contributed by atoms with Crippen LogP contribution in [-0.4, -0.2) is 25.0 Å². The molecule has 6 heteroatoms. The fraction of sp³-hybridized carbons (Fsp3) is 0.333. The van der Waals surface area contributed by atoms with Crippen LogP contribution in [-0.2, 0) is 14.3 Å². The Hall–Kier alpha value is -1.59. The second-order valence-electron chi connectivity index (χ2n) is 3.56. The third-order valence-electron chi connectivity index (χ3n) is 2.00. The van der Waals surface area contributed by atoms with Crippen molar-refractivity contribution in [2.24, 2.45) is 0 Å². The van der Waals surface area contributed by atoms with E-state index >= 15 is 0 Å². The van der Waals surface area contributed by atoms with Gasteiger partial charge in [0.15, 0.2) is 0 Å². The minimum absolute atomic E-state index is 0.00155. The van der Waals surface area contributed by atoms with Gasteiger partial charge in [-0.25, -0.2) is 0 Å². The van der Waals surface area contributed by atoms with Crippen molar-refractivity contribution in [1.82, 2.24) is 0 Å². The minimum atomic E-state index is -0.250. The van der Waals surface area contributed by atoms with Gasteiger partial charge in [-0.3, -0.25) is 9.59 Å². The van der Waals surface area contributed by atoms with Crippen LogP contribution in [0, 0.1) is 0 Å². The highest BCUT2D eigenvalue weighted by Crippen LogP contribution is 2.25. The first-order valence-corrected chi connectivity index (χ1v) is 5.85. The maximum atomic E-state index is 11.4. The van der Waals surface area contributed by atoms with E-state index in [1.54, 1.807) is 18.2 Å². The van der Waals surface area contributed by atoms with Crippen LogP contribution in [0.4, 0.5) is 11.4 Å². The maximum absolute atomic E-state index is 11.4. The molecule has 1 rings (SSSR count). The van der Waals surface area contributed by atoms with Crippen LogP contribution in [0.3, 0.4) is 0 Å². The van der Waals surface area contributed by atoms with Gasteiger partial charge < -0.3 is 15.4 Å². The first kappa shape index (κ1) is 14.5. The monoisotopic (exact) mass is 270 g/mol. The molecular weight excluding hydrogens is 256 g/mol. The van der Waals surface area contributed by atoms with Crippen LogP contribution in [0.15, 0.2) is 18.2 Å². The zero-order valence-electron chi connectivity index (χ0n) is 10.2. The number of carbonyl (C=O) groups excluding carboxylic acids is 2. The summed E-state index contributed by atoms with van der Waals surface area (Å²) in [5.74, 6) is -0.453. The van der Waals surface area contributed by atoms with E-state index in [-0.39, 0.29) is 18.4 Å². The van der Waals surface area contributed by atoms with E-state index in [0.29, 0.717) is 23.0 Å². The van der Waals surface area contributed by atoms with Crippen molar-refractivity contribution in [3.05, 3.63) is 23.2 Å². The van der Waals surface area contributed by atoms with Crippen molar-refractivity contribution in [2.45, 2.75) is 13.8 Å². The van der Waals surface area contributed by atoms with E-state index < -0.39 is 0 Å². The average molecular weight is 271 g/mol. The molecule has 18 heavy (non-hydrogen) atoms. The zero-order chi connectivity index (χ0) is 13.5. The van der Waals surface area contributed by atoms with E-state index in [1.165, 1.54) is 6.92 Å². The number of amides is 2. The predicted molar refractivity (Wildman–Crippen MR) is 70.9 cm³/mol. The van der Waals surface area contributed by atoms with Crippen LogP contribution in [0.1, 0.15) is 13.8 Å². The van der Waals surface area contributed by atoms with E-state index in [1.807, 2.05) is 6.92 Å². The van der Waals surface area contributed by atoms with E-state index in [0.717, 1.165) is 0 Å². The lowest BCUT2D eigenvalue weighted by atomic mass is 10.2. The average Bonchev–Trinajstić information content (AvgIpc) is 2.29. The highest BCUT2D eigenvalue weighted by atomic mass is 35.5. The molecule has 0 aliphatic rings. The molecule has 98 valence electrons. The molecule has 0 aliphatic heterocycles. The Kier molecular flexibility index (Phi) is 5.61. The lowest BCUT2D eigenvalue weighted by molar-refractivity contribution is -0.120. The highest BCUT2D eigenvalue weighted by molar-refractivity contribution is 6.34. The van der Waals surface area contributed by atoms with Crippen molar-refractivity contribution in [2.75, 3.05) is 23.8 Å². The Bertz CT molecular complexity index is 449. The minimum Gasteiger partial charge on any atom is -0.372 e. The predicted octanol–water partition coefficient (Wildman–Crippen LogP) is 2.27. The molecule has 0 atom stereocenters. The second kappa shape index (κ2) is 6.98.